The first-order valence-electron chi connectivity index (χ1n) is 7.50. The van der Waals surface area contributed by atoms with E-state index in [0.717, 1.165) is 38.6 Å². The number of likely N-dealkylation sites (N-methyl/N-ethyl adjacent to an activating group) is 1. The van der Waals surface area contributed by atoms with Crippen molar-refractivity contribution in [3.8, 4) is 5.75 Å². The van der Waals surface area contributed by atoms with E-state index in [2.05, 4.69) is 10.2 Å². The molecule has 4 nitrogen and oxygen atoms in total. The van der Waals surface area contributed by atoms with Gasteiger partial charge < -0.3 is 10.4 Å². The fourth-order valence-corrected chi connectivity index (χ4v) is 3.72. The largest absolute Gasteiger partial charge is 0.508 e. The molecular weight excluding hydrogens is 252 g/mol. The lowest BCUT2D eigenvalue weighted by Gasteiger charge is -2.36. The summed E-state index contributed by atoms with van der Waals surface area (Å²) in [5.74, 6) is 0.445. The summed E-state index contributed by atoms with van der Waals surface area (Å²) in [6.07, 6.45) is 5.31. The van der Waals surface area contributed by atoms with Crippen molar-refractivity contribution in [1.82, 2.24) is 10.2 Å². The van der Waals surface area contributed by atoms with Crippen molar-refractivity contribution in [2.75, 3.05) is 13.6 Å². The molecule has 4 heteroatoms. The number of carbonyl (C=O) groups excluding carboxylic acids is 1. The third kappa shape index (κ3) is 2.29. The average Bonchev–Trinajstić information content (AvgIpc) is 2.95. The Kier molecular flexibility index (Phi) is 3.66. The number of hydrogen-bond acceptors (Lipinski definition) is 3. The molecule has 0 aromatic heterocycles. The summed E-state index contributed by atoms with van der Waals surface area (Å²) in [6.45, 7) is 0.970. The number of fused-ring (bicyclic) bond motifs is 1. The second-order valence-electron chi connectivity index (χ2n) is 5.80. The third-order valence-corrected chi connectivity index (χ3v) is 4.66. The highest BCUT2D eigenvalue weighted by molar-refractivity contribution is 5.81. The fourth-order valence-electron chi connectivity index (χ4n) is 3.72. The monoisotopic (exact) mass is 274 g/mol. The van der Waals surface area contributed by atoms with E-state index in [0.29, 0.717) is 5.75 Å². The van der Waals surface area contributed by atoms with Gasteiger partial charge in [0.2, 0.25) is 5.91 Å². The summed E-state index contributed by atoms with van der Waals surface area (Å²) in [7, 11) is 1.71. The van der Waals surface area contributed by atoms with Crippen LogP contribution in [-0.4, -0.2) is 35.5 Å². The second-order valence-corrected chi connectivity index (χ2v) is 5.80. The van der Waals surface area contributed by atoms with Gasteiger partial charge in [0, 0.05) is 13.1 Å². The van der Waals surface area contributed by atoms with Crippen LogP contribution in [0.25, 0.3) is 0 Å². The molecule has 1 aliphatic heterocycles. The van der Waals surface area contributed by atoms with Gasteiger partial charge >= 0.3 is 0 Å². The van der Waals surface area contributed by atoms with E-state index in [-0.39, 0.29) is 18.0 Å². The lowest BCUT2D eigenvalue weighted by Crippen LogP contribution is -2.44. The number of benzene rings is 1. The van der Waals surface area contributed by atoms with Crippen molar-refractivity contribution < 1.29 is 9.90 Å². The molecule has 1 aliphatic carbocycles. The Morgan fingerprint density at radius 1 is 1.35 bits per heavy atom. The van der Waals surface area contributed by atoms with Crippen LogP contribution >= 0.6 is 0 Å². The molecule has 2 N–H and O–H groups in total. The highest BCUT2D eigenvalue weighted by Gasteiger charge is 2.37. The van der Waals surface area contributed by atoms with Gasteiger partial charge in [0.25, 0.3) is 0 Å². The number of aryl methyl sites for hydroxylation is 1. The predicted molar refractivity (Wildman–Crippen MR) is 77.6 cm³/mol. The molecule has 1 amide bonds. The van der Waals surface area contributed by atoms with Crippen LogP contribution in [-0.2, 0) is 11.2 Å². The first-order chi connectivity index (χ1) is 9.70. The van der Waals surface area contributed by atoms with Gasteiger partial charge in [-0.2, -0.15) is 0 Å². The number of rotatable bonds is 2. The van der Waals surface area contributed by atoms with Crippen LogP contribution in [0.4, 0.5) is 0 Å². The maximum Gasteiger partial charge on any atom is 0.237 e. The Bertz CT molecular complexity index is 515. The quantitative estimate of drug-likeness (QED) is 0.867. The molecule has 0 spiro atoms. The number of phenols is 1. The molecule has 0 radical (unpaired) electrons. The van der Waals surface area contributed by atoms with Crippen molar-refractivity contribution >= 4 is 5.91 Å². The van der Waals surface area contributed by atoms with E-state index in [1.807, 2.05) is 12.1 Å². The molecule has 2 aliphatic rings. The van der Waals surface area contributed by atoms with Gasteiger partial charge in [-0.05, 0) is 61.9 Å². The number of amides is 1. The normalized spacial score (nSPS) is 26.2. The van der Waals surface area contributed by atoms with Crippen LogP contribution in [0.1, 0.15) is 42.9 Å². The smallest absolute Gasteiger partial charge is 0.237 e. The van der Waals surface area contributed by atoms with Gasteiger partial charge in [-0.1, -0.05) is 6.07 Å². The van der Waals surface area contributed by atoms with Crippen LogP contribution in [0.3, 0.4) is 0 Å². The molecule has 1 fully saturated rings. The Hall–Kier alpha value is -1.55. The van der Waals surface area contributed by atoms with Crippen molar-refractivity contribution in [2.24, 2.45) is 0 Å². The van der Waals surface area contributed by atoms with Crippen LogP contribution in [0.5, 0.6) is 5.75 Å². The zero-order valence-electron chi connectivity index (χ0n) is 11.9. The number of aromatic hydroxyl groups is 1. The maximum absolute atomic E-state index is 12.0. The SMILES string of the molecule is CNC(=O)C1CCCN1C1CCCc2ccc(O)cc21. The van der Waals surface area contributed by atoms with Gasteiger partial charge in [0.15, 0.2) is 0 Å². The third-order valence-electron chi connectivity index (χ3n) is 4.66. The number of nitrogens with zero attached hydrogens (tertiary/aromatic N) is 1. The van der Waals surface area contributed by atoms with Gasteiger partial charge in [0.1, 0.15) is 5.75 Å². The lowest BCUT2D eigenvalue weighted by atomic mass is 9.86. The summed E-state index contributed by atoms with van der Waals surface area (Å²) < 4.78 is 0. The Morgan fingerprint density at radius 3 is 3.00 bits per heavy atom. The maximum atomic E-state index is 12.0. The molecule has 1 saturated heterocycles. The van der Waals surface area contributed by atoms with Gasteiger partial charge in [0.05, 0.1) is 6.04 Å². The van der Waals surface area contributed by atoms with Crippen molar-refractivity contribution in [1.29, 1.82) is 0 Å². The summed E-state index contributed by atoms with van der Waals surface area (Å²) in [6, 6.07) is 5.94. The average molecular weight is 274 g/mol. The standard InChI is InChI=1S/C16H22N2O2/c1-17-16(20)15-6-3-9-18(15)14-5-2-4-11-7-8-12(19)10-13(11)14/h7-8,10,14-15,19H,2-6,9H2,1H3,(H,17,20). The predicted octanol–water partition coefficient (Wildman–Crippen LogP) is 1.98. The van der Waals surface area contributed by atoms with Crippen LogP contribution in [0, 0.1) is 0 Å². The van der Waals surface area contributed by atoms with Crippen molar-refractivity contribution in [3.63, 3.8) is 0 Å². The number of carbonyl (C=O) groups is 1. The Morgan fingerprint density at radius 2 is 2.20 bits per heavy atom. The lowest BCUT2D eigenvalue weighted by molar-refractivity contribution is -0.125. The van der Waals surface area contributed by atoms with E-state index < -0.39 is 0 Å². The summed E-state index contributed by atoms with van der Waals surface area (Å²) in [5.41, 5.74) is 2.54. The van der Waals surface area contributed by atoms with Gasteiger partial charge in [-0.25, -0.2) is 0 Å². The molecule has 108 valence electrons. The zero-order chi connectivity index (χ0) is 14.1. The van der Waals surface area contributed by atoms with Crippen molar-refractivity contribution in [3.05, 3.63) is 29.3 Å². The van der Waals surface area contributed by atoms with Gasteiger partial charge in [-0.15, -0.1) is 0 Å². The molecule has 1 heterocycles. The molecule has 2 atom stereocenters. The topological polar surface area (TPSA) is 52.6 Å². The Labute approximate surface area is 119 Å². The van der Waals surface area contributed by atoms with Crippen LogP contribution in [0.2, 0.25) is 0 Å². The molecule has 0 saturated carbocycles. The first kappa shape index (κ1) is 13.4. The van der Waals surface area contributed by atoms with E-state index in [1.54, 1.807) is 13.1 Å². The molecular formula is C16H22N2O2. The molecule has 1 aromatic rings. The highest BCUT2D eigenvalue weighted by Crippen LogP contribution is 2.39. The molecule has 1 aromatic carbocycles. The molecule has 0 bridgehead atoms. The summed E-state index contributed by atoms with van der Waals surface area (Å²) >= 11 is 0. The summed E-state index contributed by atoms with van der Waals surface area (Å²) in [5, 5.41) is 12.6. The highest BCUT2D eigenvalue weighted by atomic mass is 16.3. The minimum atomic E-state index is -0.0155. The van der Waals surface area contributed by atoms with E-state index in [9.17, 15) is 9.90 Å². The minimum Gasteiger partial charge on any atom is -0.508 e. The van der Waals surface area contributed by atoms with Crippen molar-refractivity contribution in [2.45, 2.75) is 44.2 Å². The minimum absolute atomic E-state index is 0.0155. The molecule has 2 unspecified atom stereocenters. The van der Waals surface area contributed by atoms with Crippen LogP contribution in [0.15, 0.2) is 18.2 Å². The second kappa shape index (κ2) is 5.44. The zero-order valence-corrected chi connectivity index (χ0v) is 11.9. The first-order valence-corrected chi connectivity index (χ1v) is 7.50. The molecule has 20 heavy (non-hydrogen) atoms. The number of likely N-dealkylation sites (tertiary alicyclic amines) is 1. The number of phenolic OH excluding ortho intramolecular Hbond substituents is 1. The van der Waals surface area contributed by atoms with E-state index >= 15 is 0 Å². The fraction of sp³-hybridized carbons (Fsp3) is 0.562. The van der Waals surface area contributed by atoms with E-state index in [4.69, 9.17) is 0 Å². The Balaban J connectivity index is 1.91. The number of hydrogen-bond donors (Lipinski definition) is 2. The van der Waals surface area contributed by atoms with Crippen LogP contribution < -0.4 is 5.32 Å². The van der Waals surface area contributed by atoms with E-state index in [1.165, 1.54) is 11.1 Å². The number of nitrogens with one attached hydrogen (secondary N) is 1. The molecule has 3 rings (SSSR count). The summed E-state index contributed by atoms with van der Waals surface area (Å²) in [4.78, 5) is 14.4. The van der Waals surface area contributed by atoms with Gasteiger partial charge in [-0.3, -0.25) is 9.69 Å².